The van der Waals surface area contributed by atoms with Crippen molar-refractivity contribution in [1.82, 2.24) is 0 Å². The second-order valence-electron chi connectivity index (χ2n) is 1.58. The van der Waals surface area contributed by atoms with Gasteiger partial charge in [-0.15, -0.1) is 0 Å². The average Bonchev–Trinajstić information content (AvgIpc) is 1.64. The molecule has 0 amide bonds. The molecule has 0 saturated carbocycles. The van der Waals surface area contributed by atoms with Gasteiger partial charge in [-0.25, -0.2) is 4.39 Å². The maximum absolute atomic E-state index is 12.2. The van der Waals surface area contributed by atoms with Crippen LogP contribution in [0.15, 0.2) is 22.5 Å². The van der Waals surface area contributed by atoms with Gasteiger partial charge in [0.2, 0.25) is 0 Å². The third kappa shape index (κ3) is 1.44. The zero-order valence-corrected chi connectivity index (χ0v) is 5.78. The van der Waals surface area contributed by atoms with Crippen LogP contribution < -0.4 is 0 Å². The molecule has 0 saturated heterocycles. The molecule has 2 heteroatoms. The smallest absolute Gasteiger partial charge is 0.102 e. The summed E-state index contributed by atoms with van der Waals surface area (Å²) in [6, 6.07) is 0. The third-order valence-electron chi connectivity index (χ3n) is 0.884. The van der Waals surface area contributed by atoms with Gasteiger partial charge in [-0.2, -0.15) is 0 Å². The van der Waals surface area contributed by atoms with Crippen LogP contribution in [0.3, 0.4) is 0 Å². The van der Waals surface area contributed by atoms with E-state index in [2.05, 4.69) is 15.9 Å². The lowest BCUT2D eigenvalue weighted by Gasteiger charge is -1.99. The van der Waals surface area contributed by atoms with E-state index in [1.165, 1.54) is 6.08 Å². The van der Waals surface area contributed by atoms with Gasteiger partial charge in [0.05, 0.1) is 0 Å². The van der Waals surface area contributed by atoms with Crippen molar-refractivity contribution in [3.8, 4) is 0 Å². The first kappa shape index (κ1) is 6.02. The summed E-state index contributed by atoms with van der Waals surface area (Å²) in [5.74, 6) is -0.0839. The van der Waals surface area contributed by atoms with Crippen molar-refractivity contribution < 1.29 is 4.39 Å². The second kappa shape index (κ2) is 2.44. The molecule has 0 aliphatic heterocycles. The number of hydrogen-bond donors (Lipinski definition) is 0. The van der Waals surface area contributed by atoms with Gasteiger partial charge < -0.3 is 0 Å². The Bertz CT molecular complexity index is 147. The highest BCUT2D eigenvalue weighted by molar-refractivity contribution is 9.11. The SMILES string of the molecule is FC1=CC(Br)=C[CH]C1. The zero-order chi connectivity index (χ0) is 5.98. The molecule has 0 spiro atoms. The standard InChI is InChI=1S/C6H5BrF/c7-5-2-1-3-6(8)4-5/h1-2,4H,3H2. The summed E-state index contributed by atoms with van der Waals surface area (Å²) in [5.41, 5.74) is 0. The molecule has 1 radical (unpaired) electrons. The Morgan fingerprint density at radius 1 is 1.62 bits per heavy atom. The summed E-state index contributed by atoms with van der Waals surface area (Å²) in [6.45, 7) is 0. The second-order valence-corrected chi connectivity index (χ2v) is 2.50. The molecule has 0 N–H and O–H groups in total. The van der Waals surface area contributed by atoms with E-state index in [1.807, 2.05) is 6.08 Å². The first-order chi connectivity index (χ1) is 3.79. The van der Waals surface area contributed by atoms with Crippen molar-refractivity contribution in [3.05, 3.63) is 28.9 Å². The van der Waals surface area contributed by atoms with E-state index in [4.69, 9.17) is 0 Å². The first-order valence-electron chi connectivity index (χ1n) is 2.34. The summed E-state index contributed by atoms with van der Waals surface area (Å²) < 4.78 is 13.0. The summed E-state index contributed by atoms with van der Waals surface area (Å²) >= 11 is 3.14. The Kier molecular flexibility index (Phi) is 1.84. The molecule has 43 valence electrons. The van der Waals surface area contributed by atoms with Crippen molar-refractivity contribution in [3.63, 3.8) is 0 Å². The molecule has 1 aliphatic rings. The molecule has 0 aromatic rings. The van der Waals surface area contributed by atoms with Crippen LogP contribution in [-0.2, 0) is 0 Å². The van der Waals surface area contributed by atoms with Gasteiger partial charge in [0.15, 0.2) is 0 Å². The van der Waals surface area contributed by atoms with E-state index < -0.39 is 0 Å². The maximum Gasteiger partial charge on any atom is 0.102 e. The van der Waals surface area contributed by atoms with Gasteiger partial charge in [-0.05, 0) is 12.5 Å². The molecular formula is C6H5BrF. The molecule has 0 aromatic heterocycles. The highest BCUT2D eigenvalue weighted by Crippen LogP contribution is 2.20. The number of halogens is 2. The van der Waals surface area contributed by atoms with Crippen molar-refractivity contribution in [2.45, 2.75) is 6.42 Å². The summed E-state index contributed by atoms with van der Waals surface area (Å²) in [7, 11) is 0. The molecular weight excluding hydrogens is 171 g/mol. The van der Waals surface area contributed by atoms with Crippen LogP contribution in [0.5, 0.6) is 0 Å². The van der Waals surface area contributed by atoms with Crippen LogP contribution in [-0.4, -0.2) is 0 Å². The van der Waals surface area contributed by atoms with Gasteiger partial charge in [-0.1, -0.05) is 22.0 Å². The van der Waals surface area contributed by atoms with Crippen LogP contribution in [0.25, 0.3) is 0 Å². The van der Waals surface area contributed by atoms with Gasteiger partial charge in [0.1, 0.15) is 5.83 Å². The highest BCUT2D eigenvalue weighted by Gasteiger charge is 2.00. The zero-order valence-electron chi connectivity index (χ0n) is 4.20. The minimum Gasteiger partial charge on any atom is -0.212 e. The molecule has 8 heavy (non-hydrogen) atoms. The van der Waals surface area contributed by atoms with E-state index in [9.17, 15) is 4.39 Å². The first-order valence-corrected chi connectivity index (χ1v) is 3.13. The fourth-order valence-corrected chi connectivity index (χ4v) is 0.976. The van der Waals surface area contributed by atoms with Gasteiger partial charge in [0.25, 0.3) is 0 Å². The number of allylic oxidation sites excluding steroid dienone is 4. The number of hydrogen-bond acceptors (Lipinski definition) is 0. The Hall–Kier alpha value is -0.110. The van der Waals surface area contributed by atoms with Crippen molar-refractivity contribution >= 4 is 15.9 Å². The lowest BCUT2D eigenvalue weighted by Crippen LogP contribution is -1.82. The molecule has 1 aliphatic carbocycles. The lowest BCUT2D eigenvalue weighted by atomic mass is 10.2. The molecule has 0 atom stereocenters. The fourth-order valence-electron chi connectivity index (χ4n) is 0.541. The highest BCUT2D eigenvalue weighted by atomic mass is 79.9. The monoisotopic (exact) mass is 175 g/mol. The lowest BCUT2D eigenvalue weighted by molar-refractivity contribution is 0.609. The summed E-state index contributed by atoms with van der Waals surface area (Å²) in [6.07, 6.45) is 5.53. The van der Waals surface area contributed by atoms with Crippen LogP contribution in [0, 0.1) is 6.42 Å². The quantitative estimate of drug-likeness (QED) is 0.532. The third-order valence-corrected chi connectivity index (χ3v) is 1.38. The Labute approximate surface area is 56.2 Å². The van der Waals surface area contributed by atoms with E-state index >= 15 is 0 Å². The Morgan fingerprint density at radius 3 is 2.75 bits per heavy atom. The minimum absolute atomic E-state index is 0.0839. The largest absolute Gasteiger partial charge is 0.212 e. The summed E-state index contributed by atoms with van der Waals surface area (Å²) in [5, 5.41) is 0. The molecule has 0 aromatic carbocycles. The Morgan fingerprint density at radius 2 is 2.38 bits per heavy atom. The number of rotatable bonds is 0. The van der Waals surface area contributed by atoms with Crippen molar-refractivity contribution in [2.75, 3.05) is 0 Å². The van der Waals surface area contributed by atoms with E-state index in [0.29, 0.717) is 6.42 Å². The van der Waals surface area contributed by atoms with Crippen molar-refractivity contribution in [1.29, 1.82) is 0 Å². The van der Waals surface area contributed by atoms with Gasteiger partial charge in [-0.3, -0.25) is 0 Å². The molecule has 0 bridgehead atoms. The molecule has 0 nitrogen and oxygen atoms in total. The van der Waals surface area contributed by atoms with Gasteiger partial charge in [0, 0.05) is 10.9 Å². The predicted octanol–water partition coefficient (Wildman–Crippen LogP) is 2.73. The fraction of sp³-hybridized carbons (Fsp3) is 0.167. The predicted molar refractivity (Wildman–Crippen MR) is 35.1 cm³/mol. The van der Waals surface area contributed by atoms with E-state index in [0.717, 1.165) is 4.48 Å². The van der Waals surface area contributed by atoms with E-state index in [1.54, 1.807) is 6.42 Å². The maximum atomic E-state index is 12.2. The average molecular weight is 176 g/mol. The molecule has 0 fully saturated rings. The summed E-state index contributed by atoms with van der Waals surface area (Å²) in [4.78, 5) is 0. The normalized spacial score (nSPS) is 19.8. The Balaban J connectivity index is 2.69. The van der Waals surface area contributed by atoms with Crippen LogP contribution in [0.1, 0.15) is 6.42 Å². The minimum atomic E-state index is -0.0839. The molecule has 0 heterocycles. The topological polar surface area (TPSA) is 0 Å². The van der Waals surface area contributed by atoms with Crippen molar-refractivity contribution in [2.24, 2.45) is 0 Å². The van der Waals surface area contributed by atoms with Crippen LogP contribution >= 0.6 is 15.9 Å². The molecule has 1 rings (SSSR count). The van der Waals surface area contributed by atoms with Gasteiger partial charge >= 0.3 is 0 Å². The van der Waals surface area contributed by atoms with Crippen LogP contribution in [0.2, 0.25) is 0 Å². The van der Waals surface area contributed by atoms with Crippen LogP contribution in [0.4, 0.5) is 4.39 Å². The molecule has 0 unspecified atom stereocenters. The van der Waals surface area contributed by atoms with E-state index in [-0.39, 0.29) is 5.83 Å².